The van der Waals surface area contributed by atoms with Crippen LogP contribution in [-0.4, -0.2) is 0 Å². The molecule has 3 aromatic rings. The monoisotopic (exact) mass is 295 g/mol. The Bertz CT molecular complexity index is 763. The summed E-state index contributed by atoms with van der Waals surface area (Å²) in [6.45, 7) is 0.487. The lowest BCUT2D eigenvalue weighted by molar-refractivity contribution is 1.11. The van der Waals surface area contributed by atoms with Crippen molar-refractivity contribution in [3.05, 3.63) is 58.8 Å². The summed E-state index contributed by atoms with van der Waals surface area (Å²) < 4.78 is 0. The summed E-state index contributed by atoms with van der Waals surface area (Å²) in [4.78, 5) is 1.12. The van der Waals surface area contributed by atoms with Gasteiger partial charge in [0.2, 0.25) is 0 Å². The van der Waals surface area contributed by atoms with Crippen LogP contribution >= 0.6 is 11.3 Å². The van der Waals surface area contributed by atoms with Gasteiger partial charge in [0.05, 0.1) is 0 Å². The van der Waals surface area contributed by atoms with Crippen LogP contribution in [0.15, 0.2) is 53.9 Å². The van der Waals surface area contributed by atoms with Crippen molar-refractivity contribution in [2.24, 2.45) is 5.73 Å². The molecule has 0 saturated carbocycles. The molecule has 21 heavy (non-hydrogen) atoms. The molecule has 0 aliphatic carbocycles. The Kier molecular flexibility index (Phi) is 3.64. The zero-order chi connectivity index (χ0) is 14.8. The first-order valence-electron chi connectivity index (χ1n) is 6.72. The smallest absolute Gasteiger partial charge is 0.0395 e. The maximum Gasteiger partial charge on any atom is 0.0395 e. The molecular formula is C17H17N3S. The van der Waals surface area contributed by atoms with Crippen LogP contribution in [-0.2, 0) is 6.54 Å². The number of rotatable bonds is 3. The molecule has 0 aliphatic rings. The van der Waals surface area contributed by atoms with Crippen molar-refractivity contribution in [2.45, 2.75) is 6.54 Å². The predicted molar refractivity (Wildman–Crippen MR) is 91.9 cm³/mol. The van der Waals surface area contributed by atoms with Crippen LogP contribution in [0.4, 0.5) is 11.4 Å². The van der Waals surface area contributed by atoms with E-state index in [4.69, 9.17) is 17.2 Å². The molecule has 0 bridgehead atoms. The second-order valence-electron chi connectivity index (χ2n) is 4.86. The third kappa shape index (κ3) is 2.51. The SMILES string of the molecule is NCc1scc(-c2ccccc2)c1-c1cc(N)ccc1N. The minimum absolute atomic E-state index is 0.487. The molecule has 106 valence electrons. The Morgan fingerprint density at radius 1 is 0.905 bits per heavy atom. The van der Waals surface area contributed by atoms with Crippen molar-refractivity contribution >= 4 is 22.7 Å². The maximum absolute atomic E-state index is 6.16. The van der Waals surface area contributed by atoms with Gasteiger partial charge in [0.15, 0.2) is 0 Å². The van der Waals surface area contributed by atoms with Crippen molar-refractivity contribution in [1.82, 2.24) is 0 Å². The summed E-state index contributed by atoms with van der Waals surface area (Å²) in [7, 11) is 0. The third-order valence-electron chi connectivity index (χ3n) is 3.48. The average molecular weight is 295 g/mol. The second-order valence-corrected chi connectivity index (χ2v) is 5.83. The lowest BCUT2D eigenvalue weighted by atomic mass is 9.95. The largest absolute Gasteiger partial charge is 0.399 e. The van der Waals surface area contributed by atoms with Crippen LogP contribution in [0, 0.1) is 0 Å². The highest BCUT2D eigenvalue weighted by molar-refractivity contribution is 7.11. The molecular weight excluding hydrogens is 278 g/mol. The number of hydrogen-bond acceptors (Lipinski definition) is 4. The molecule has 3 nitrogen and oxygen atoms in total. The van der Waals surface area contributed by atoms with Crippen LogP contribution < -0.4 is 17.2 Å². The first-order valence-corrected chi connectivity index (χ1v) is 7.60. The van der Waals surface area contributed by atoms with E-state index in [1.54, 1.807) is 11.3 Å². The van der Waals surface area contributed by atoms with Crippen molar-refractivity contribution in [3.63, 3.8) is 0 Å². The Morgan fingerprint density at radius 2 is 1.67 bits per heavy atom. The molecule has 0 atom stereocenters. The molecule has 0 radical (unpaired) electrons. The van der Waals surface area contributed by atoms with E-state index in [1.807, 2.05) is 36.4 Å². The molecule has 1 aromatic heterocycles. The van der Waals surface area contributed by atoms with Gasteiger partial charge in [0, 0.05) is 39.5 Å². The molecule has 4 heteroatoms. The van der Waals surface area contributed by atoms with E-state index < -0.39 is 0 Å². The van der Waals surface area contributed by atoms with E-state index in [-0.39, 0.29) is 0 Å². The van der Waals surface area contributed by atoms with Gasteiger partial charge < -0.3 is 17.2 Å². The van der Waals surface area contributed by atoms with Crippen molar-refractivity contribution in [3.8, 4) is 22.3 Å². The van der Waals surface area contributed by atoms with Crippen LogP contribution in [0.3, 0.4) is 0 Å². The standard InChI is InChI=1S/C17H17N3S/c18-9-16-17(13-8-12(19)6-7-15(13)20)14(10-21-16)11-4-2-1-3-5-11/h1-8,10H,9,18-20H2. The van der Waals surface area contributed by atoms with E-state index in [0.29, 0.717) is 12.2 Å². The fraction of sp³-hybridized carbons (Fsp3) is 0.0588. The fourth-order valence-electron chi connectivity index (χ4n) is 2.46. The number of nitrogens with two attached hydrogens (primary N) is 3. The molecule has 0 unspecified atom stereocenters. The van der Waals surface area contributed by atoms with Gasteiger partial charge >= 0.3 is 0 Å². The quantitative estimate of drug-likeness (QED) is 0.645. The minimum atomic E-state index is 0.487. The van der Waals surface area contributed by atoms with Gasteiger partial charge in [-0.25, -0.2) is 0 Å². The Labute approximate surface area is 128 Å². The Balaban J connectivity index is 2.26. The summed E-state index contributed by atoms with van der Waals surface area (Å²) in [6.07, 6.45) is 0. The molecule has 2 aromatic carbocycles. The molecule has 0 amide bonds. The molecule has 0 saturated heterocycles. The lowest BCUT2D eigenvalue weighted by Crippen LogP contribution is -1.99. The summed E-state index contributed by atoms with van der Waals surface area (Å²) in [5.41, 5.74) is 23.8. The number of thiophene rings is 1. The summed E-state index contributed by atoms with van der Waals surface area (Å²) >= 11 is 1.66. The first kappa shape index (κ1) is 13.7. The molecule has 3 rings (SSSR count). The van der Waals surface area contributed by atoms with Crippen molar-refractivity contribution in [1.29, 1.82) is 0 Å². The van der Waals surface area contributed by atoms with E-state index in [0.717, 1.165) is 32.8 Å². The van der Waals surface area contributed by atoms with E-state index in [2.05, 4.69) is 17.5 Å². The zero-order valence-corrected chi connectivity index (χ0v) is 12.4. The highest BCUT2D eigenvalue weighted by Gasteiger charge is 2.16. The topological polar surface area (TPSA) is 78.1 Å². The molecule has 0 aliphatic heterocycles. The molecule has 0 fully saturated rings. The summed E-state index contributed by atoms with van der Waals surface area (Å²) in [5, 5.41) is 2.13. The number of nitrogen functional groups attached to an aromatic ring is 2. The molecule has 0 spiro atoms. The van der Waals surface area contributed by atoms with Gasteiger partial charge in [0.1, 0.15) is 0 Å². The highest BCUT2D eigenvalue weighted by Crippen LogP contribution is 2.42. The average Bonchev–Trinajstić information content (AvgIpc) is 2.94. The Hall–Kier alpha value is -2.30. The van der Waals surface area contributed by atoms with Crippen molar-refractivity contribution < 1.29 is 0 Å². The fourth-order valence-corrected chi connectivity index (χ4v) is 3.41. The van der Waals surface area contributed by atoms with Gasteiger partial charge in [-0.2, -0.15) is 0 Å². The number of hydrogen-bond donors (Lipinski definition) is 3. The van der Waals surface area contributed by atoms with Gasteiger partial charge in [0.25, 0.3) is 0 Å². The minimum Gasteiger partial charge on any atom is -0.399 e. The second kappa shape index (κ2) is 5.60. The first-order chi connectivity index (χ1) is 10.2. The van der Waals surface area contributed by atoms with Crippen LogP contribution in [0.5, 0.6) is 0 Å². The van der Waals surface area contributed by atoms with Gasteiger partial charge in [-0.15, -0.1) is 11.3 Å². The molecule has 1 heterocycles. The summed E-state index contributed by atoms with van der Waals surface area (Å²) in [6, 6.07) is 15.8. The van der Waals surface area contributed by atoms with Gasteiger partial charge in [-0.1, -0.05) is 30.3 Å². The van der Waals surface area contributed by atoms with Gasteiger partial charge in [-0.3, -0.25) is 0 Å². The number of benzene rings is 2. The third-order valence-corrected chi connectivity index (χ3v) is 4.49. The predicted octanol–water partition coefficient (Wildman–Crippen LogP) is 3.71. The van der Waals surface area contributed by atoms with Gasteiger partial charge in [-0.05, 0) is 29.1 Å². The highest BCUT2D eigenvalue weighted by atomic mass is 32.1. The number of anilines is 2. The normalized spacial score (nSPS) is 10.7. The maximum atomic E-state index is 6.16. The zero-order valence-electron chi connectivity index (χ0n) is 11.5. The van der Waals surface area contributed by atoms with Crippen molar-refractivity contribution in [2.75, 3.05) is 11.5 Å². The molecule has 6 N–H and O–H groups in total. The summed E-state index contributed by atoms with van der Waals surface area (Å²) in [5.74, 6) is 0. The lowest BCUT2D eigenvalue weighted by Gasteiger charge is -2.11. The Morgan fingerprint density at radius 3 is 2.38 bits per heavy atom. The van der Waals surface area contributed by atoms with Crippen LogP contribution in [0.25, 0.3) is 22.3 Å². The van der Waals surface area contributed by atoms with E-state index >= 15 is 0 Å². The van der Waals surface area contributed by atoms with Crippen LogP contribution in [0.1, 0.15) is 4.88 Å². The van der Waals surface area contributed by atoms with E-state index in [9.17, 15) is 0 Å². The van der Waals surface area contributed by atoms with E-state index in [1.165, 1.54) is 0 Å². The van der Waals surface area contributed by atoms with Crippen LogP contribution in [0.2, 0.25) is 0 Å².